The Hall–Kier alpha value is -6.12. The van der Waals surface area contributed by atoms with Gasteiger partial charge in [-0.05, 0) is 73.5 Å². The molecular weight excluding hydrogens is 711 g/mol. The van der Waals surface area contributed by atoms with Crippen molar-refractivity contribution in [3.05, 3.63) is 107 Å². The molecule has 0 bridgehead atoms. The molecule has 0 aromatic heterocycles. The second kappa shape index (κ2) is 15.8. The topological polar surface area (TPSA) is 167 Å². The lowest BCUT2D eigenvalue weighted by molar-refractivity contribution is -0.136. The van der Waals surface area contributed by atoms with Crippen molar-refractivity contribution >= 4 is 81.1 Å². The van der Waals surface area contributed by atoms with Crippen LogP contribution in [-0.4, -0.2) is 60.5 Å². The molecule has 0 radical (unpaired) electrons. The summed E-state index contributed by atoms with van der Waals surface area (Å²) in [5.74, 6) is -2.71. The first-order chi connectivity index (χ1) is 25.2. The molecular formula is C36H28Cl2N8O6. The van der Waals surface area contributed by atoms with Crippen molar-refractivity contribution in [1.82, 2.24) is 0 Å². The van der Waals surface area contributed by atoms with Gasteiger partial charge in [-0.25, -0.2) is 9.59 Å². The maximum Gasteiger partial charge on any atom is 0.357 e. The molecule has 262 valence electrons. The van der Waals surface area contributed by atoms with Crippen molar-refractivity contribution in [2.75, 3.05) is 23.2 Å². The van der Waals surface area contributed by atoms with Crippen molar-refractivity contribution in [2.24, 2.45) is 30.7 Å². The van der Waals surface area contributed by atoms with Crippen LogP contribution in [0.25, 0.3) is 11.1 Å². The number of benzene rings is 4. The fraction of sp³-hybridized carbons (Fsp3) is 0.167. The van der Waals surface area contributed by atoms with Gasteiger partial charge in [-0.1, -0.05) is 71.7 Å². The molecule has 2 atom stereocenters. The number of nitrogens with zero attached hydrogens (tertiary/aromatic N) is 8. The summed E-state index contributed by atoms with van der Waals surface area (Å²) in [5, 5.41) is 27.6. The normalized spacial score (nSPS) is 17.2. The molecule has 52 heavy (non-hydrogen) atoms. The molecule has 2 amide bonds. The van der Waals surface area contributed by atoms with Crippen LogP contribution in [-0.2, 0) is 28.7 Å². The predicted octanol–water partition coefficient (Wildman–Crippen LogP) is 7.50. The first-order valence-corrected chi connectivity index (χ1v) is 16.7. The van der Waals surface area contributed by atoms with E-state index in [9.17, 15) is 19.2 Å². The van der Waals surface area contributed by atoms with E-state index in [1.807, 2.05) is 0 Å². The fourth-order valence-corrected chi connectivity index (χ4v) is 5.53. The van der Waals surface area contributed by atoms with Gasteiger partial charge in [0.05, 0.1) is 34.6 Å². The molecule has 2 aliphatic rings. The van der Waals surface area contributed by atoms with Gasteiger partial charge in [-0.15, -0.1) is 0 Å². The highest BCUT2D eigenvalue weighted by Gasteiger charge is 2.43. The minimum atomic E-state index is -1.34. The molecule has 0 saturated carbocycles. The second-order valence-corrected chi connectivity index (χ2v) is 11.8. The number of halogens is 2. The average molecular weight is 740 g/mol. The number of amides is 2. The molecule has 0 saturated heterocycles. The zero-order chi connectivity index (χ0) is 36.8. The van der Waals surface area contributed by atoms with E-state index in [-0.39, 0.29) is 46.1 Å². The monoisotopic (exact) mass is 738 g/mol. The lowest BCUT2D eigenvalue weighted by Gasteiger charge is -2.12. The first-order valence-electron chi connectivity index (χ1n) is 15.9. The summed E-state index contributed by atoms with van der Waals surface area (Å²) in [5.41, 5.74) is 2.31. The van der Waals surface area contributed by atoms with Crippen LogP contribution in [0.4, 0.5) is 22.7 Å². The molecule has 0 N–H and O–H groups in total. The number of esters is 2. The molecule has 0 aliphatic carbocycles. The zero-order valence-electron chi connectivity index (χ0n) is 27.6. The molecule has 4 aromatic carbocycles. The van der Waals surface area contributed by atoms with Crippen LogP contribution in [0.15, 0.2) is 128 Å². The van der Waals surface area contributed by atoms with Crippen LogP contribution in [0, 0.1) is 0 Å². The van der Waals surface area contributed by atoms with E-state index in [0.717, 1.165) is 10.0 Å². The Kier molecular flexibility index (Phi) is 10.9. The van der Waals surface area contributed by atoms with Gasteiger partial charge in [0.1, 0.15) is 11.4 Å². The molecule has 2 heterocycles. The number of hydrogen-bond donors (Lipinski definition) is 0. The van der Waals surface area contributed by atoms with E-state index < -0.39 is 35.8 Å². The number of para-hydroxylation sites is 2. The minimum Gasteiger partial charge on any atom is -0.461 e. The van der Waals surface area contributed by atoms with Crippen LogP contribution in [0.3, 0.4) is 0 Å². The SMILES string of the molecule is CCOC(=O)C1=NN(c2ccccc2)C(=O)[C@@H]1N=Nc1ccc(-c2ccc(N=N[C@H]3C(=O)N(c4ccccc4)N=C3C(=O)OCC)c(Cl)c2)cc1Cl. The summed E-state index contributed by atoms with van der Waals surface area (Å²) in [7, 11) is 0. The Balaban J connectivity index is 1.19. The van der Waals surface area contributed by atoms with Gasteiger partial charge >= 0.3 is 11.9 Å². The van der Waals surface area contributed by atoms with E-state index in [0.29, 0.717) is 22.5 Å². The molecule has 14 nitrogen and oxygen atoms in total. The van der Waals surface area contributed by atoms with Crippen molar-refractivity contribution in [2.45, 2.75) is 25.9 Å². The Morgan fingerprint density at radius 1 is 0.635 bits per heavy atom. The Morgan fingerprint density at radius 2 is 1.02 bits per heavy atom. The quantitative estimate of drug-likeness (QED) is 0.114. The standard InChI is InChI=1S/C36H28Cl2N8O6/c1-3-51-35(49)31-29(33(47)45(43-31)23-11-7-5-8-12-23)41-39-27-17-15-21(19-25(27)37)22-16-18-28(26(38)20-22)40-42-30-32(36(50)52-4-2)44-46(34(30)48)24-13-9-6-10-14-24/h5-20,29-30H,3-4H2,1-2H3/t29-,30-/m1/s1. The summed E-state index contributed by atoms with van der Waals surface area (Å²) in [4.78, 5) is 51.8. The van der Waals surface area contributed by atoms with Gasteiger partial charge in [0.15, 0.2) is 11.4 Å². The largest absolute Gasteiger partial charge is 0.461 e. The maximum absolute atomic E-state index is 13.3. The summed E-state index contributed by atoms with van der Waals surface area (Å²) in [6, 6.07) is 24.4. The Labute approximate surface area is 307 Å². The number of carbonyl (C=O) groups excluding carboxylic acids is 4. The van der Waals surface area contributed by atoms with Gasteiger partial charge in [-0.2, -0.15) is 40.7 Å². The van der Waals surface area contributed by atoms with E-state index in [4.69, 9.17) is 32.7 Å². The predicted molar refractivity (Wildman–Crippen MR) is 194 cm³/mol. The number of carbonyl (C=O) groups is 4. The third kappa shape index (κ3) is 7.48. The molecule has 6 rings (SSSR count). The molecule has 4 aromatic rings. The number of hydrogen-bond acceptors (Lipinski definition) is 12. The van der Waals surface area contributed by atoms with E-state index in [2.05, 4.69) is 30.7 Å². The van der Waals surface area contributed by atoms with Crippen molar-refractivity contribution < 1.29 is 28.7 Å². The molecule has 0 spiro atoms. The first kappa shape index (κ1) is 35.7. The smallest absolute Gasteiger partial charge is 0.357 e. The number of anilines is 2. The molecule has 0 fully saturated rings. The lowest BCUT2D eigenvalue weighted by atomic mass is 10.0. The highest BCUT2D eigenvalue weighted by Crippen LogP contribution is 2.36. The Morgan fingerprint density at radius 3 is 1.37 bits per heavy atom. The van der Waals surface area contributed by atoms with Crippen molar-refractivity contribution in [3.63, 3.8) is 0 Å². The summed E-state index contributed by atoms with van der Waals surface area (Å²) < 4.78 is 10.2. The lowest BCUT2D eigenvalue weighted by Crippen LogP contribution is -2.33. The van der Waals surface area contributed by atoms with Crippen LogP contribution in [0.5, 0.6) is 0 Å². The summed E-state index contributed by atoms with van der Waals surface area (Å²) in [6.45, 7) is 3.45. The number of ether oxygens (including phenoxy) is 2. The van der Waals surface area contributed by atoms with E-state index in [1.165, 1.54) is 0 Å². The average Bonchev–Trinajstić information content (AvgIpc) is 3.67. The van der Waals surface area contributed by atoms with Gasteiger partial charge < -0.3 is 9.47 Å². The van der Waals surface area contributed by atoms with Crippen molar-refractivity contribution in [1.29, 1.82) is 0 Å². The second-order valence-electron chi connectivity index (χ2n) is 11.0. The molecule has 16 heteroatoms. The van der Waals surface area contributed by atoms with Gasteiger partial charge in [0, 0.05) is 0 Å². The minimum absolute atomic E-state index is 0.0846. The maximum atomic E-state index is 13.3. The third-order valence-electron chi connectivity index (χ3n) is 7.58. The Bertz CT molecular complexity index is 2010. The summed E-state index contributed by atoms with van der Waals surface area (Å²) >= 11 is 13.2. The van der Waals surface area contributed by atoms with Crippen LogP contribution >= 0.6 is 23.2 Å². The van der Waals surface area contributed by atoms with Crippen LogP contribution < -0.4 is 10.0 Å². The van der Waals surface area contributed by atoms with E-state index >= 15 is 0 Å². The number of hydrazone groups is 2. The highest BCUT2D eigenvalue weighted by atomic mass is 35.5. The summed E-state index contributed by atoms with van der Waals surface area (Å²) in [6.07, 6.45) is 0. The van der Waals surface area contributed by atoms with Crippen LogP contribution in [0.1, 0.15) is 13.8 Å². The molecule has 0 unspecified atom stereocenters. The molecule has 2 aliphatic heterocycles. The van der Waals surface area contributed by atoms with Gasteiger partial charge in [0.25, 0.3) is 11.8 Å². The van der Waals surface area contributed by atoms with E-state index in [1.54, 1.807) is 111 Å². The number of rotatable bonds is 11. The zero-order valence-corrected chi connectivity index (χ0v) is 29.1. The van der Waals surface area contributed by atoms with Gasteiger partial charge in [-0.3, -0.25) is 9.59 Å². The fourth-order valence-electron chi connectivity index (χ4n) is 5.10. The van der Waals surface area contributed by atoms with Crippen LogP contribution in [0.2, 0.25) is 10.0 Å². The highest BCUT2D eigenvalue weighted by molar-refractivity contribution is 6.46. The third-order valence-corrected chi connectivity index (χ3v) is 8.19. The number of azo groups is 2. The van der Waals surface area contributed by atoms with Crippen molar-refractivity contribution in [3.8, 4) is 11.1 Å². The van der Waals surface area contributed by atoms with Gasteiger partial charge in [0.2, 0.25) is 12.1 Å².